The Labute approximate surface area is 148 Å². The first-order valence-corrected chi connectivity index (χ1v) is 8.98. The molecule has 5 nitrogen and oxygen atoms in total. The summed E-state index contributed by atoms with van der Waals surface area (Å²) in [5.41, 5.74) is 2.06. The van der Waals surface area contributed by atoms with E-state index in [1.807, 2.05) is 30.5 Å². The maximum absolute atomic E-state index is 8.98. The van der Waals surface area contributed by atoms with Crippen molar-refractivity contribution in [2.24, 2.45) is 0 Å². The molecule has 1 saturated heterocycles. The molecule has 1 aliphatic heterocycles. The number of anilines is 1. The number of hydrogen-bond acceptors (Lipinski definition) is 5. The summed E-state index contributed by atoms with van der Waals surface area (Å²) in [6.45, 7) is 7.39. The summed E-state index contributed by atoms with van der Waals surface area (Å²) in [7, 11) is 0. The zero-order valence-electron chi connectivity index (χ0n) is 13.9. The van der Waals surface area contributed by atoms with E-state index in [-0.39, 0.29) is 6.61 Å². The molecule has 0 amide bonds. The number of nitrogens with zero attached hydrogens (tertiary/aromatic N) is 3. The van der Waals surface area contributed by atoms with E-state index in [4.69, 9.17) is 16.7 Å². The second-order valence-corrected chi connectivity index (χ2v) is 6.64. The molecule has 0 saturated carbocycles. The molecule has 24 heavy (non-hydrogen) atoms. The highest BCUT2D eigenvalue weighted by Gasteiger charge is 2.15. The second kappa shape index (κ2) is 8.62. The lowest BCUT2D eigenvalue weighted by Crippen LogP contribution is -2.47. The Kier molecular flexibility index (Phi) is 6.26. The highest BCUT2D eigenvalue weighted by Crippen LogP contribution is 2.24. The lowest BCUT2D eigenvalue weighted by atomic mass is 10.2. The average Bonchev–Trinajstić information content (AvgIpc) is 2.60. The van der Waals surface area contributed by atoms with Crippen LogP contribution in [0.25, 0.3) is 10.9 Å². The Balaban J connectivity index is 1.45. The molecule has 1 aromatic heterocycles. The summed E-state index contributed by atoms with van der Waals surface area (Å²) in [5, 5.41) is 14.3. The van der Waals surface area contributed by atoms with Crippen molar-refractivity contribution < 1.29 is 5.11 Å². The first-order chi connectivity index (χ1) is 11.8. The predicted molar refractivity (Wildman–Crippen MR) is 99.8 cm³/mol. The highest BCUT2D eigenvalue weighted by molar-refractivity contribution is 6.31. The number of rotatable bonds is 7. The van der Waals surface area contributed by atoms with Gasteiger partial charge in [0.15, 0.2) is 0 Å². The van der Waals surface area contributed by atoms with Crippen LogP contribution >= 0.6 is 11.6 Å². The van der Waals surface area contributed by atoms with Crippen molar-refractivity contribution in [3.8, 4) is 0 Å². The summed E-state index contributed by atoms with van der Waals surface area (Å²) in [6.07, 6.45) is 2.93. The minimum atomic E-state index is 0.258. The van der Waals surface area contributed by atoms with Crippen LogP contribution in [-0.2, 0) is 0 Å². The van der Waals surface area contributed by atoms with E-state index in [0.717, 1.165) is 73.8 Å². The summed E-state index contributed by atoms with van der Waals surface area (Å²) in [6, 6.07) is 7.80. The molecule has 0 radical (unpaired) electrons. The third-order valence-electron chi connectivity index (χ3n) is 4.55. The molecule has 1 aromatic carbocycles. The van der Waals surface area contributed by atoms with Crippen LogP contribution in [0.5, 0.6) is 0 Å². The fraction of sp³-hybridized carbons (Fsp3) is 0.500. The molecule has 3 rings (SSSR count). The topological polar surface area (TPSA) is 51.6 Å². The quantitative estimate of drug-likeness (QED) is 0.752. The number of fused-ring (bicyclic) bond motifs is 1. The van der Waals surface area contributed by atoms with Crippen molar-refractivity contribution in [1.82, 2.24) is 14.8 Å². The van der Waals surface area contributed by atoms with Crippen LogP contribution in [0.15, 0.2) is 30.5 Å². The molecule has 2 heterocycles. The van der Waals surface area contributed by atoms with Crippen LogP contribution in [0.4, 0.5) is 5.69 Å². The van der Waals surface area contributed by atoms with Gasteiger partial charge in [0.05, 0.1) is 12.1 Å². The van der Waals surface area contributed by atoms with E-state index in [1.54, 1.807) is 0 Å². The summed E-state index contributed by atoms with van der Waals surface area (Å²) >= 11 is 6.11. The van der Waals surface area contributed by atoms with Gasteiger partial charge in [-0.25, -0.2) is 0 Å². The predicted octanol–water partition coefficient (Wildman–Crippen LogP) is 2.30. The molecule has 1 fully saturated rings. The number of aliphatic hydroxyl groups excluding tert-OH is 1. The van der Waals surface area contributed by atoms with Crippen LogP contribution in [0, 0.1) is 0 Å². The van der Waals surface area contributed by atoms with Gasteiger partial charge in [0, 0.05) is 61.6 Å². The van der Waals surface area contributed by atoms with Crippen LogP contribution in [0.1, 0.15) is 6.42 Å². The van der Waals surface area contributed by atoms with E-state index in [1.165, 1.54) is 0 Å². The molecular formula is C18H25ClN4O. The lowest BCUT2D eigenvalue weighted by Gasteiger charge is -2.34. The SMILES string of the molecule is OCCN1CCN(CCCNc2ccnc3ccc(Cl)cc23)CC1. The molecule has 6 heteroatoms. The van der Waals surface area contributed by atoms with Crippen molar-refractivity contribution >= 4 is 28.2 Å². The van der Waals surface area contributed by atoms with Crippen LogP contribution in [0.2, 0.25) is 5.02 Å². The highest BCUT2D eigenvalue weighted by atomic mass is 35.5. The van der Waals surface area contributed by atoms with E-state index in [2.05, 4.69) is 20.1 Å². The first kappa shape index (κ1) is 17.4. The van der Waals surface area contributed by atoms with Crippen molar-refractivity contribution in [2.45, 2.75) is 6.42 Å². The normalized spacial score (nSPS) is 16.6. The van der Waals surface area contributed by atoms with E-state index in [0.29, 0.717) is 0 Å². The average molecular weight is 349 g/mol. The minimum absolute atomic E-state index is 0.258. The zero-order chi connectivity index (χ0) is 16.8. The van der Waals surface area contributed by atoms with Crippen molar-refractivity contribution in [3.63, 3.8) is 0 Å². The molecule has 1 aliphatic rings. The van der Waals surface area contributed by atoms with Gasteiger partial charge in [-0.2, -0.15) is 0 Å². The Bertz CT molecular complexity index is 659. The number of piperazine rings is 1. The van der Waals surface area contributed by atoms with Gasteiger partial charge in [-0.1, -0.05) is 11.6 Å². The Morgan fingerprint density at radius 2 is 1.83 bits per heavy atom. The van der Waals surface area contributed by atoms with Crippen LogP contribution in [0.3, 0.4) is 0 Å². The fourth-order valence-corrected chi connectivity index (χ4v) is 3.35. The Morgan fingerprint density at radius 3 is 2.58 bits per heavy atom. The van der Waals surface area contributed by atoms with E-state index in [9.17, 15) is 0 Å². The molecule has 0 spiro atoms. The number of aliphatic hydroxyl groups is 1. The third kappa shape index (κ3) is 4.57. The minimum Gasteiger partial charge on any atom is -0.395 e. The monoisotopic (exact) mass is 348 g/mol. The van der Waals surface area contributed by atoms with Gasteiger partial charge < -0.3 is 15.3 Å². The number of pyridine rings is 1. The summed E-state index contributed by atoms with van der Waals surface area (Å²) in [4.78, 5) is 9.20. The molecule has 0 aliphatic carbocycles. The van der Waals surface area contributed by atoms with Gasteiger partial charge in [0.1, 0.15) is 0 Å². The third-order valence-corrected chi connectivity index (χ3v) is 4.79. The summed E-state index contributed by atoms with van der Waals surface area (Å²) in [5.74, 6) is 0. The zero-order valence-corrected chi connectivity index (χ0v) is 14.7. The summed E-state index contributed by atoms with van der Waals surface area (Å²) < 4.78 is 0. The van der Waals surface area contributed by atoms with Gasteiger partial charge in [0.2, 0.25) is 0 Å². The maximum atomic E-state index is 8.98. The lowest BCUT2D eigenvalue weighted by molar-refractivity contribution is 0.112. The standard InChI is InChI=1S/C18H25ClN4O/c19-15-2-3-17-16(14-15)18(4-6-21-17)20-5-1-7-22-8-10-23(11-9-22)12-13-24/h2-4,6,14,24H,1,5,7-13H2,(H,20,21). The number of halogens is 1. The fourth-order valence-electron chi connectivity index (χ4n) is 3.18. The number of nitrogens with one attached hydrogen (secondary N) is 1. The molecular weight excluding hydrogens is 324 g/mol. The Hall–Kier alpha value is -1.40. The molecule has 2 aromatic rings. The van der Waals surface area contributed by atoms with Gasteiger partial charge >= 0.3 is 0 Å². The van der Waals surface area contributed by atoms with Gasteiger partial charge in [-0.15, -0.1) is 0 Å². The second-order valence-electron chi connectivity index (χ2n) is 6.21. The number of β-amino-alcohol motifs (C(OH)–C–C–N with tert-alkyl or cyclic N) is 1. The van der Waals surface area contributed by atoms with E-state index >= 15 is 0 Å². The van der Waals surface area contributed by atoms with Crippen LogP contribution < -0.4 is 5.32 Å². The molecule has 0 atom stereocenters. The number of hydrogen-bond donors (Lipinski definition) is 2. The number of benzene rings is 1. The van der Waals surface area contributed by atoms with Gasteiger partial charge in [-0.3, -0.25) is 9.88 Å². The van der Waals surface area contributed by atoms with Crippen LogP contribution in [-0.4, -0.2) is 72.3 Å². The van der Waals surface area contributed by atoms with E-state index < -0.39 is 0 Å². The first-order valence-electron chi connectivity index (χ1n) is 8.60. The van der Waals surface area contributed by atoms with Crippen molar-refractivity contribution in [1.29, 1.82) is 0 Å². The molecule has 0 bridgehead atoms. The molecule has 0 unspecified atom stereocenters. The molecule has 130 valence electrons. The van der Waals surface area contributed by atoms with Crippen molar-refractivity contribution in [2.75, 3.05) is 57.7 Å². The maximum Gasteiger partial charge on any atom is 0.0723 e. The molecule has 2 N–H and O–H groups in total. The van der Waals surface area contributed by atoms with Gasteiger partial charge in [0.25, 0.3) is 0 Å². The number of aromatic nitrogens is 1. The Morgan fingerprint density at radius 1 is 1.08 bits per heavy atom. The smallest absolute Gasteiger partial charge is 0.0723 e. The van der Waals surface area contributed by atoms with Crippen molar-refractivity contribution in [3.05, 3.63) is 35.5 Å². The largest absolute Gasteiger partial charge is 0.395 e. The van der Waals surface area contributed by atoms with Gasteiger partial charge in [-0.05, 0) is 37.2 Å².